The van der Waals surface area contributed by atoms with Crippen molar-refractivity contribution in [2.75, 3.05) is 6.61 Å². The van der Waals surface area contributed by atoms with Crippen LogP contribution in [-0.2, 0) is 6.54 Å². The van der Waals surface area contributed by atoms with E-state index < -0.39 is 0 Å². The van der Waals surface area contributed by atoms with Gasteiger partial charge in [-0.2, -0.15) is 0 Å². The fraction of sp³-hybridized carbons (Fsp3) is 0.462. The van der Waals surface area contributed by atoms with Gasteiger partial charge in [0.1, 0.15) is 5.82 Å². The van der Waals surface area contributed by atoms with Crippen molar-refractivity contribution in [3.63, 3.8) is 0 Å². The van der Waals surface area contributed by atoms with Crippen LogP contribution in [0.1, 0.15) is 25.6 Å². The zero-order valence-electron chi connectivity index (χ0n) is 10.3. The molecule has 92 valence electrons. The number of rotatable bonds is 4. The Kier molecular flexibility index (Phi) is 3.45. The fourth-order valence-electron chi connectivity index (χ4n) is 2.01. The number of benzene rings is 1. The van der Waals surface area contributed by atoms with E-state index in [-0.39, 0.29) is 18.6 Å². The summed E-state index contributed by atoms with van der Waals surface area (Å²) in [5, 5.41) is 9.16. The van der Waals surface area contributed by atoms with Gasteiger partial charge in [0.2, 0.25) is 0 Å². The van der Waals surface area contributed by atoms with Gasteiger partial charge in [0.25, 0.3) is 0 Å². The maximum atomic E-state index is 9.16. The van der Waals surface area contributed by atoms with Crippen LogP contribution in [0, 0.1) is 0 Å². The highest BCUT2D eigenvalue weighted by atomic mass is 16.3. The third kappa shape index (κ3) is 2.18. The highest BCUT2D eigenvalue weighted by Gasteiger charge is 2.18. The van der Waals surface area contributed by atoms with Crippen LogP contribution in [0.5, 0.6) is 0 Å². The van der Waals surface area contributed by atoms with Gasteiger partial charge in [-0.1, -0.05) is 19.1 Å². The first-order valence-electron chi connectivity index (χ1n) is 5.96. The number of nitrogens with zero attached hydrogens (tertiary/aromatic N) is 2. The van der Waals surface area contributed by atoms with Crippen molar-refractivity contribution in [2.24, 2.45) is 5.73 Å². The van der Waals surface area contributed by atoms with Gasteiger partial charge >= 0.3 is 0 Å². The van der Waals surface area contributed by atoms with E-state index in [1.54, 1.807) is 0 Å². The molecule has 1 heterocycles. The van der Waals surface area contributed by atoms with Gasteiger partial charge in [-0.25, -0.2) is 4.98 Å². The molecule has 0 spiro atoms. The van der Waals surface area contributed by atoms with Crippen molar-refractivity contribution in [3.8, 4) is 0 Å². The molecule has 0 saturated carbocycles. The van der Waals surface area contributed by atoms with E-state index in [9.17, 15) is 0 Å². The van der Waals surface area contributed by atoms with Crippen LogP contribution in [0.4, 0.5) is 0 Å². The molecule has 0 aliphatic carbocycles. The van der Waals surface area contributed by atoms with Crippen molar-refractivity contribution in [1.82, 2.24) is 9.55 Å². The molecular formula is C13H19N3O. The molecule has 0 amide bonds. The van der Waals surface area contributed by atoms with Crippen molar-refractivity contribution in [3.05, 3.63) is 30.1 Å². The second-order valence-electron chi connectivity index (χ2n) is 4.48. The van der Waals surface area contributed by atoms with E-state index in [0.29, 0.717) is 6.54 Å². The normalized spacial score (nSPS) is 15.1. The Labute approximate surface area is 101 Å². The van der Waals surface area contributed by atoms with Gasteiger partial charge in [0, 0.05) is 18.5 Å². The first kappa shape index (κ1) is 12.1. The number of imidazole rings is 1. The van der Waals surface area contributed by atoms with Gasteiger partial charge < -0.3 is 15.4 Å². The Morgan fingerprint density at radius 1 is 1.35 bits per heavy atom. The molecule has 2 unspecified atom stereocenters. The number of para-hydroxylation sites is 2. The third-order valence-electron chi connectivity index (χ3n) is 3.20. The van der Waals surface area contributed by atoms with Crippen LogP contribution in [0.3, 0.4) is 0 Å². The SMILES string of the molecule is CC(N)C(C)c1nc2ccccc2n1CCO. The Hall–Kier alpha value is -1.39. The second kappa shape index (κ2) is 4.85. The first-order valence-corrected chi connectivity index (χ1v) is 5.96. The van der Waals surface area contributed by atoms with E-state index in [1.807, 2.05) is 31.2 Å². The van der Waals surface area contributed by atoms with Crippen LogP contribution in [-0.4, -0.2) is 27.3 Å². The molecule has 0 fully saturated rings. The molecule has 1 aromatic heterocycles. The number of nitrogens with two attached hydrogens (primary N) is 1. The van der Waals surface area contributed by atoms with Crippen LogP contribution < -0.4 is 5.73 Å². The number of aliphatic hydroxyl groups excluding tert-OH is 1. The molecule has 0 aliphatic rings. The zero-order chi connectivity index (χ0) is 12.4. The van der Waals surface area contributed by atoms with Crippen molar-refractivity contribution in [1.29, 1.82) is 0 Å². The Balaban J connectivity index is 2.57. The number of hydrogen-bond donors (Lipinski definition) is 2. The minimum absolute atomic E-state index is 0.0456. The molecule has 0 radical (unpaired) electrons. The van der Waals surface area contributed by atoms with Crippen LogP contribution in [0.15, 0.2) is 24.3 Å². The molecule has 17 heavy (non-hydrogen) atoms. The van der Waals surface area contributed by atoms with Crippen molar-refractivity contribution in [2.45, 2.75) is 32.4 Å². The van der Waals surface area contributed by atoms with Crippen molar-refractivity contribution < 1.29 is 5.11 Å². The first-order chi connectivity index (χ1) is 8.15. The maximum absolute atomic E-state index is 9.16. The molecule has 2 aromatic rings. The van der Waals surface area contributed by atoms with Gasteiger partial charge in [0.15, 0.2) is 0 Å². The molecule has 0 aliphatic heterocycles. The molecule has 4 heteroatoms. The highest BCUT2D eigenvalue weighted by Crippen LogP contribution is 2.23. The summed E-state index contributed by atoms with van der Waals surface area (Å²) in [6, 6.07) is 8.01. The summed E-state index contributed by atoms with van der Waals surface area (Å²) in [7, 11) is 0. The van der Waals surface area contributed by atoms with E-state index in [2.05, 4.69) is 16.5 Å². The minimum atomic E-state index is 0.0456. The second-order valence-corrected chi connectivity index (χ2v) is 4.48. The van der Waals surface area contributed by atoms with E-state index in [1.165, 1.54) is 0 Å². The Morgan fingerprint density at radius 2 is 2.06 bits per heavy atom. The fourth-order valence-corrected chi connectivity index (χ4v) is 2.01. The lowest BCUT2D eigenvalue weighted by Gasteiger charge is -2.17. The topological polar surface area (TPSA) is 64.1 Å². The van der Waals surface area contributed by atoms with Gasteiger partial charge in [-0.15, -0.1) is 0 Å². The summed E-state index contributed by atoms with van der Waals surface area (Å²) in [6.07, 6.45) is 0. The lowest BCUT2D eigenvalue weighted by molar-refractivity contribution is 0.274. The summed E-state index contributed by atoms with van der Waals surface area (Å²) < 4.78 is 2.06. The maximum Gasteiger partial charge on any atom is 0.114 e. The number of aliphatic hydroxyl groups is 1. The minimum Gasteiger partial charge on any atom is -0.395 e. The quantitative estimate of drug-likeness (QED) is 0.840. The molecule has 4 nitrogen and oxygen atoms in total. The Bertz CT molecular complexity index is 504. The summed E-state index contributed by atoms with van der Waals surface area (Å²) >= 11 is 0. The van der Waals surface area contributed by atoms with Crippen LogP contribution in [0.2, 0.25) is 0 Å². The summed E-state index contributed by atoms with van der Waals surface area (Å²) in [4.78, 5) is 4.62. The molecular weight excluding hydrogens is 214 g/mol. The smallest absolute Gasteiger partial charge is 0.114 e. The highest BCUT2D eigenvalue weighted by molar-refractivity contribution is 5.76. The molecule has 0 saturated heterocycles. The summed E-state index contributed by atoms with van der Waals surface area (Å²) in [6.45, 7) is 4.72. The third-order valence-corrected chi connectivity index (χ3v) is 3.20. The lowest BCUT2D eigenvalue weighted by Crippen LogP contribution is -2.25. The molecule has 3 N–H and O–H groups in total. The van der Waals surface area contributed by atoms with Crippen LogP contribution in [0.25, 0.3) is 11.0 Å². The largest absolute Gasteiger partial charge is 0.395 e. The molecule has 2 atom stereocenters. The zero-order valence-corrected chi connectivity index (χ0v) is 10.3. The lowest BCUT2D eigenvalue weighted by atomic mass is 10.0. The van der Waals surface area contributed by atoms with E-state index in [0.717, 1.165) is 16.9 Å². The summed E-state index contributed by atoms with van der Waals surface area (Å²) in [5.74, 6) is 1.13. The number of fused-ring (bicyclic) bond motifs is 1. The monoisotopic (exact) mass is 233 g/mol. The van der Waals surface area contributed by atoms with Crippen LogP contribution >= 0.6 is 0 Å². The van der Waals surface area contributed by atoms with Gasteiger partial charge in [-0.05, 0) is 19.1 Å². The van der Waals surface area contributed by atoms with Crippen molar-refractivity contribution >= 4 is 11.0 Å². The number of aromatic nitrogens is 2. The number of hydrogen-bond acceptors (Lipinski definition) is 3. The summed E-state index contributed by atoms with van der Waals surface area (Å²) in [5.41, 5.74) is 7.96. The van der Waals surface area contributed by atoms with E-state index >= 15 is 0 Å². The predicted octanol–water partition coefficient (Wildman–Crippen LogP) is 1.48. The molecule has 1 aromatic carbocycles. The van der Waals surface area contributed by atoms with E-state index in [4.69, 9.17) is 10.8 Å². The van der Waals surface area contributed by atoms with Gasteiger partial charge in [-0.3, -0.25) is 0 Å². The molecule has 2 rings (SSSR count). The average molecular weight is 233 g/mol. The average Bonchev–Trinajstić information content (AvgIpc) is 2.68. The predicted molar refractivity (Wildman–Crippen MR) is 68.9 cm³/mol. The Morgan fingerprint density at radius 3 is 2.71 bits per heavy atom. The standard InChI is InChI=1S/C13H19N3O/c1-9(10(2)14)13-15-11-5-3-4-6-12(11)16(13)7-8-17/h3-6,9-10,17H,7-8,14H2,1-2H3. The molecule has 0 bridgehead atoms. The van der Waals surface area contributed by atoms with Gasteiger partial charge in [0.05, 0.1) is 17.6 Å².